The lowest BCUT2D eigenvalue weighted by Gasteiger charge is -2.16. The maximum atomic E-state index is 6.16. The summed E-state index contributed by atoms with van der Waals surface area (Å²) in [4.78, 5) is 0. The molecule has 0 amide bonds. The van der Waals surface area contributed by atoms with Gasteiger partial charge in [0, 0.05) is 6.04 Å². The number of hydrogen-bond donors (Lipinski definition) is 1. The highest BCUT2D eigenvalue weighted by molar-refractivity contribution is 5.85. The van der Waals surface area contributed by atoms with Crippen molar-refractivity contribution in [3.8, 4) is 23.0 Å². The summed E-state index contributed by atoms with van der Waals surface area (Å²) in [5.41, 5.74) is 7.19. The van der Waals surface area contributed by atoms with Crippen LogP contribution in [-0.2, 0) is 0 Å². The minimum Gasteiger partial charge on any atom is -0.453 e. The van der Waals surface area contributed by atoms with Crippen LogP contribution in [0.2, 0.25) is 0 Å². The Labute approximate surface area is 154 Å². The average molecular weight is 356 g/mol. The molecule has 0 bridgehead atoms. The SMILES string of the molecule is CC[C@@H](N)c1ccc(Oc2ccccc2)c(Oc2ccccc2)c1.Cl. The van der Waals surface area contributed by atoms with Crippen molar-refractivity contribution in [1.29, 1.82) is 0 Å². The van der Waals surface area contributed by atoms with Crippen LogP contribution in [-0.4, -0.2) is 0 Å². The average Bonchev–Trinajstić information content (AvgIpc) is 2.64. The van der Waals surface area contributed by atoms with Crippen molar-refractivity contribution < 1.29 is 9.47 Å². The summed E-state index contributed by atoms with van der Waals surface area (Å²) in [5.74, 6) is 2.85. The first-order chi connectivity index (χ1) is 11.8. The molecule has 1 atom stereocenters. The molecule has 130 valence electrons. The number of ether oxygens (including phenoxy) is 2. The molecule has 3 rings (SSSR count). The summed E-state index contributed by atoms with van der Waals surface area (Å²) in [6, 6.07) is 25.2. The Morgan fingerprint density at radius 1 is 0.760 bits per heavy atom. The summed E-state index contributed by atoms with van der Waals surface area (Å²) >= 11 is 0. The number of benzene rings is 3. The van der Waals surface area contributed by atoms with Gasteiger partial charge in [0.05, 0.1) is 0 Å². The number of nitrogens with two attached hydrogens (primary N) is 1. The Hall–Kier alpha value is -2.49. The minimum atomic E-state index is -0.0195. The molecule has 0 radical (unpaired) electrons. The van der Waals surface area contributed by atoms with Crippen molar-refractivity contribution in [2.75, 3.05) is 0 Å². The highest BCUT2D eigenvalue weighted by Gasteiger charge is 2.12. The molecule has 2 N–H and O–H groups in total. The van der Waals surface area contributed by atoms with Crippen LogP contribution < -0.4 is 15.2 Å². The highest BCUT2D eigenvalue weighted by atomic mass is 35.5. The number of halogens is 1. The van der Waals surface area contributed by atoms with E-state index >= 15 is 0 Å². The van der Waals surface area contributed by atoms with Gasteiger partial charge < -0.3 is 15.2 Å². The van der Waals surface area contributed by atoms with Crippen LogP contribution in [0.3, 0.4) is 0 Å². The van der Waals surface area contributed by atoms with Crippen LogP contribution >= 0.6 is 12.4 Å². The topological polar surface area (TPSA) is 44.5 Å². The third kappa shape index (κ3) is 4.99. The largest absolute Gasteiger partial charge is 0.453 e. The molecule has 0 aromatic heterocycles. The van der Waals surface area contributed by atoms with E-state index in [1.165, 1.54) is 0 Å². The molecule has 0 saturated carbocycles. The van der Waals surface area contributed by atoms with Gasteiger partial charge in [-0.05, 0) is 48.4 Å². The monoisotopic (exact) mass is 355 g/mol. The van der Waals surface area contributed by atoms with E-state index in [4.69, 9.17) is 15.2 Å². The van der Waals surface area contributed by atoms with E-state index in [9.17, 15) is 0 Å². The Morgan fingerprint density at radius 2 is 1.28 bits per heavy atom. The van der Waals surface area contributed by atoms with Crippen molar-refractivity contribution in [2.45, 2.75) is 19.4 Å². The van der Waals surface area contributed by atoms with Gasteiger partial charge in [0.15, 0.2) is 11.5 Å². The van der Waals surface area contributed by atoms with Gasteiger partial charge in [0.1, 0.15) is 11.5 Å². The number of rotatable bonds is 6. The van der Waals surface area contributed by atoms with Gasteiger partial charge in [-0.3, -0.25) is 0 Å². The molecular weight excluding hydrogens is 334 g/mol. The van der Waals surface area contributed by atoms with E-state index in [1.54, 1.807) is 0 Å². The normalized spacial score (nSPS) is 11.3. The van der Waals surface area contributed by atoms with Gasteiger partial charge in [-0.25, -0.2) is 0 Å². The van der Waals surface area contributed by atoms with Gasteiger partial charge >= 0.3 is 0 Å². The molecule has 0 unspecified atom stereocenters. The van der Waals surface area contributed by atoms with Crippen molar-refractivity contribution in [1.82, 2.24) is 0 Å². The summed E-state index contributed by atoms with van der Waals surface area (Å²) in [6.07, 6.45) is 0.865. The summed E-state index contributed by atoms with van der Waals surface area (Å²) in [7, 11) is 0. The standard InChI is InChI=1S/C21H21NO2.ClH/c1-2-19(22)16-13-14-20(23-17-9-5-3-6-10-17)21(15-16)24-18-11-7-4-8-12-18;/h3-15,19H,2,22H2,1H3;1H/t19-;/m1./s1. The predicted molar refractivity (Wildman–Crippen MR) is 104 cm³/mol. The summed E-state index contributed by atoms with van der Waals surface area (Å²) in [6.45, 7) is 2.07. The quantitative estimate of drug-likeness (QED) is 0.580. The minimum absolute atomic E-state index is 0. The number of para-hydroxylation sites is 2. The third-order valence-corrected chi connectivity index (χ3v) is 3.78. The molecule has 3 aromatic rings. The lowest BCUT2D eigenvalue weighted by Crippen LogP contribution is -2.08. The fraction of sp³-hybridized carbons (Fsp3) is 0.143. The van der Waals surface area contributed by atoms with E-state index in [0.717, 1.165) is 23.5 Å². The second-order valence-corrected chi connectivity index (χ2v) is 5.55. The summed E-state index contributed by atoms with van der Waals surface area (Å²) < 4.78 is 12.0. The molecule has 0 spiro atoms. The van der Waals surface area contributed by atoms with Crippen molar-refractivity contribution in [3.05, 3.63) is 84.4 Å². The molecule has 0 aliphatic rings. The third-order valence-electron chi connectivity index (χ3n) is 3.78. The zero-order chi connectivity index (χ0) is 16.8. The molecule has 0 aliphatic heterocycles. The zero-order valence-electron chi connectivity index (χ0n) is 14.1. The van der Waals surface area contributed by atoms with Crippen LogP contribution in [0.5, 0.6) is 23.0 Å². The molecular formula is C21H22ClNO2. The van der Waals surface area contributed by atoms with E-state index < -0.39 is 0 Å². The van der Waals surface area contributed by atoms with Crippen molar-refractivity contribution in [3.63, 3.8) is 0 Å². The maximum Gasteiger partial charge on any atom is 0.170 e. The smallest absolute Gasteiger partial charge is 0.170 e. The van der Waals surface area contributed by atoms with Crippen LogP contribution in [0.1, 0.15) is 24.9 Å². The maximum absolute atomic E-state index is 6.16. The first-order valence-corrected chi connectivity index (χ1v) is 8.11. The molecule has 0 heterocycles. The van der Waals surface area contributed by atoms with E-state index in [1.807, 2.05) is 78.9 Å². The molecule has 0 fully saturated rings. The van der Waals surface area contributed by atoms with Crippen LogP contribution in [0.4, 0.5) is 0 Å². The van der Waals surface area contributed by atoms with E-state index in [0.29, 0.717) is 11.5 Å². The molecule has 4 heteroatoms. The fourth-order valence-corrected chi connectivity index (χ4v) is 2.39. The molecule has 0 aliphatic carbocycles. The van der Waals surface area contributed by atoms with Gasteiger partial charge in [0.25, 0.3) is 0 Å². The second-order valence-electron chi connectivity index (χ2n) is 5.55. The fourth-order valence-electron chi connectivity index (χ4n) is 2.39. The predicted octanol–water partition coefficient (Wildman–Crippen LogP) is 6.10. The van der Waals surface area contributed by atoms with E-state index in [2.05, 4.69) is 6.92 Å². The number of hydrogen-bond acceptors (Lipinski definition) is 3. The molecule has 25 heavy (non-hydrogen) atoms. The summed E-state index contributed by atoms with van der Waals surface area (Å²) in [5, 5.41) is 0. The van der Waals surface area contributed by atoms with Crippen LogP contribution in [0.25, 0.3) is 0 Å². The van der Waals surface area contributed by atoms with Crippen molar-refractivity contribution >= 4 is 12.4 Å². The Kier molecular flexibility index (Phi) is 6.87. The first kappa shape index (κ1) is 18.8. The van der Waals surface area contributed by atoms with Gasteiger partial charge in [-0.2, -0.15) is 0 Å². The lowest BCUT2D eigenvalue weighted by atomic mass is 10.0. The van der Waals surface area contributed by atoms with Gasteiger partial charge in [-0.15, -0.1) is 12.4 Å². The van der Waals surface area contributed by atoms with Crippen LogP contribution in [0, 0.1) is 0 Å². The zero-order valence-corrected chi connectivity index (χ0v) is 14.9. The van der Waals surface area contributed by atoms with Gasteiger partial charge in [-0.1, -0.05) is 49.4 Å². The highest BCUT2D eigenvalue weighted by Crippen LogP contribution is 2.36. The first-order valence-electron chi connectivity index (χ1n) is 8.11. The van der Waals surface area contributed by atoms with Crippen LogP contribution in [0.15, 0.2) is 78.9 Å². The molecule has 3 nitrogen and oxygen atoms in total. The van der Waals surface area contributed by atoms with Gasteiger partial charge in [0.2, 0.25) is 0 Å². The molecule has 0 saturated heterocycles. The molecule has 3 aromatic carbocycles. The Morgan fingerprint density at radius 3 is 1.80 bits per heavy atom. The Balaban J connectivity index is 0.00000225. The Bertz CT molecular complexity index is 778. The lowest BCUT2D eigenvalue weighted by molar-refractivity contribution is 0.417. The van der Waals surface area contributed by atoms with E-state index in [-0.39, 0.29) is 18.4 Å². The second kappa shape index (κ2) is 9.11. The van der Waals surface area contributed by atoms with Crippen molar-refractivity contribution in [2.24, 2.45) is 5.73 Å².